The fourth-order valence-electron chi connectivity index (χ4n) is 6.18. The Morgan fingerprint density at radius 3 is 2.40 bits per heavy atom. The molecule has 2 aliphatic heterocycles. The second-order valence-corrected chi connectivity index (χ2v) is 11.2. The van der Waals surface area contributed by atoms with Gasteiger partial charge in [-0.2, -0.15) is 0 Å². The number of rotatable bonds is 9. The Labute approximate surface area is 243 Å². The van der Waals surface area contributed by atoms with Crippen LogP contribution in [0.4, 0.5) is 19.2 Å². The van der Waals surface area contributed by atoms with Crippen LogP contribution < -0.4 is 9.64 Å². The lowest BCUT2D eigenvalue weighted by molar-refractivity contribution is -0.274. The zero-order valence-electron chi connectivity index (χ0n) is 22.8. The monoisotopic (exact) mass is 596 g/mol. The zero-order chi connectivity index (χ0) is 29.7. The number of fused-ring (bicyclic) bond motifs is 2. The van der Waals surface area contributed by atoms with E-state index in [4.69, 9.17) is 18.8 Å². The van der Waals surface area contributed by atoms with Gasteiger partial charge in [-0.1, -0.05) is 22.4 Å². The summed E-state index contributed by atoms with van der Waals surface area (Å²) in [5.74, 6) is -0.196. The molecule has 3 aliphatic rings. The third-order valence-electron chi connectivity index (χ3n) is 8.30. The number of piperidine rings is 1. The maximum Gasteiger partial charge on any atom is 0.573 e. The van der Waals surface area contributed by atoms with E-state index in [0.717, 1.165) is 25.7 Å². The second kappa shape index (κ2) is 10.7. The summed E-state index contributed by atoms with van der Waals surface area (Å²) in [7, 11) is 0. The fraction of sp³-hybridized carbons (Fsp3) is 0.400. The van der Waals surface area contributed by atoms with Crippen molar-refractivity contribution in [3.8, 4) is 28.5 Å². The van der Waals surface area contributed by atoms with Gasteiger partial charge in [-0.15, -0.1) is 18.3 Å². The molecule has 0 radical (unpaired) electrons. The second-order valence-electron chi connectivity index (χ2n) is 11.2. The average Bonchev–Trinajstić information content (AvgIpc) is 3.44. The van der Waals surface area contributed by atoms with Gasteiger partial charge in [0.25, 0.3) is 0 Å². The summed E-state index contributed by atoms with van der Waals surface area (Å²) in [6.07, 6.45) is 0.238. The van der Waals surface area contributed by atoms with Crippen molar-refractivity contribution in [1.82, 2.24) is 15.4 Å². The molecule has 1 aliphatic carbocycles. The number of hydrogen-bond donors (Lipinski definition) is 1. The van der Waals surface area contributed by atoms with Crippen molar-refractivity contribution in [2.24, 2.45) is 0 Å². The van der Waals surface area contributed by atoms with Crippen LogP contribution in [-0.2, 0) is 11.3 Å². The van der Waals surface area contributed by atoms with Crippen LogP contribution >= 0.6 is 0 Å². The highest BCUT2D eigenvalue weighted by Gasteiger charge is 2.44. The molecule has 2 aromatic heterocycles. The molecule has 0 spiro atoms. The van der Waals surface area contributed by atoms with Gasteiger partial charge in [0.15, 0.2) is 0 Å². The average molecular weight is 597 g/mol. The molecule has 7 rings (SSSR count). The summed E-state index contributed by atoms with van der Waals surface area (Å²) in [5.41, 5.74) is 1.97. The van der Waals surface area contributed by atoms with E-state index in [0.29, 0.717) is 47.3 Å². The molecular formula is C30H27F3N4O6. The minimum absolute atomic E-state index is 0.0869. The number of para-hydroxylation sites is 1. The van der Waals surface area contributed by atoms with Crippen LogP contribution in [0.15, 0.2) is 57.5 Å². The standard InChI is InChI=1S/C30H27F3N4O6/c31-30(32,33)42-24-4-2-1-3-22(24)25-23(26(43-36-25)16-5-6-16)15-40-21-13-19-11-12-20(14-21)37(19)29-35-34-27(41-29)17-7-9-18(10-8-17)28(38)39/h1-4,7-10,16,19-21H,5-6,11-15H2,(H,38,39)/t19-,20+,21+. The number of alkyl halides is 3. The number of aromatic nitrogens is 3. The lowest BCUT2D eigenvalue weighted by Crippen LogP contribution is -2.45. The fourth-order valence-corrected chi connectivity index (χ4v) is 6.18. The number of carboxylic acid groups (broad SMARTS) is 1. The van der Waals surface area contributed by atoms with Gasteiger partial charge in [0.1, 0.15) is 17.2 Å². The number of halogens is 3. The number of benzene rings is 2. The van der Waals surface area contributed by atoms with Gasteiger partial charge < -0.3 is 28.4 Å². The van der Waals surface area contributed by atoms with E-state index < -0.39 is 12.3 Å². The lowest BCUT2D eigenvalue weighted by atomic mass is 9.99. The molecule has 2 bridgehead atoms. The summed E-state index contributed by atoms with van der Waals surface area (Å²) in [4.78, 5) is 13.3. The van der Waals surface area contributed by atoms with Crippen LogP contribution in [0.5, 0.6) is 5.75 Å². The molecule has 10 nitrogen and oxygen atoms in total. The topological polar surface area (TPSA) is 124 Å². The van der Waals surface area contributed by atoms with Gasteiger partial charge in [0, 0.05) is 34.7 Å². The van der Waals surface area contributed by atoms with Gasteiger partial charge in [-0.3, -0.25) is 0 Å². The Balaban J connectivity index is 1.06. The number of carboxylic acids is 1. The normalized spacial score (nSPS) is 21.7. The molecule has 2 saturated heterocycles. The van der Waals surface area contributed by atoms with Crippen LogP contribution in [0.2, 0.25) is 0 Å². The van der Waals surface area contributed by atoms with E-state index in [-0.39, 0.29) is 47.6 Å². The van der Waals surface area contributed by atoms with Gasteiger partial charge in [0.05, 0.1) is 18.3 Å². The number of carbonyl (C=O) groups is 1. The molecule has 43 heavy (non-hydrogen) atoms. The largest absolute Gasteiger partial charge is 0.573 e. The molecule has 2 aromatic carbocycles. The number of ether oxygens (including phenoxy) is 2. The van der Waals surface area contributed by atoms with Crippen molar-refractivity contribution in [2.75, 3.05) is 4.90 Å². The Kier molecular flexibility index (Phi) is 6.83. The van der Waals surface area contributed by atoms with Crippen molar-refractivity contribution >= 4 is 12.0 Å². The molecule has 0 amide bonds. The summed E-state index contributed by atoms with van der Waals surface area (Å²) in [6.45, 7) is 0.159. The molecule has 224 valence electrons. The number of anilines is 1. The molecule has 4 heterocycles. The van der Waals surface area contributed by atoms with E-state index in [2.05, 4.69) is 25.0 Å². The molecule has 3 atom stereocenters. The SMILES string of the molecule is O=C(O)c1ccc(-c2nnc(N3[C@@H]4CC[C@H]3C[C@@H](OCc3c(-c5ccccc5OC(F)(F)F)noc3C3CC3)C4)o2)cc1. The molecular weight excluding hydrogens is 569 g/mol. The summed E-state index contributed by atoms with van der Waals surface area (Å²) in [6, 6.07) is 12.8. The maximum atomic E-state index is 13.1. The van der Waals surface area contributed by atoms with Gasteiger partial charge in [-0.25, -0.2) is 4.79 Å². The van der Waals surface area contributed by atoms with Gasteiger partial charge in [0.2, 0.25) is 5.89 Å². The number of nitrogens with zero attached hydrogens (tertiary/aromatic N) is 4. The van der Waals surface area contributed by atoms with Crippen LogP contribution in [0.1, 0.15) is 66.1 Å². The quantitative estimate of drug-likeness (QED) is 0.227. The van der Waals surface area contributed by atoms with E-state index in [1.807, 2.05) is 0 Å². The van der Waals surface area contributed by atoms with Gasteiger partial charge >= 0.3 is 18.3 Å². The molecule has 13 heteroatoms. The Hall–Kier alpha value is -4.39. The first-order chi connectivity index (χ1) is 20.7. The number of hydrogen-bond acceptors (Lipinski definition) is 9. The Morgan fingerprint density at radius 1 is 1.00 bits per heavy atom. The molecule has 1 N–H and O–H groups in total. The predicted molar refractivity (Wildman–Crippen MR) is 144 cm³/mol. The van der Waals surface area contributed by atoms with Crippen LogP contribution in [-0.4, -0.2) is 51.0 Å². The summed E-state index contributed by atoms with van der Waals surface area (Å²) >= 11 is 0. The lowest BCUT2D eigenvalue weighted by Gasteiger charge is -2.37. The van der Waals surface area contributed by atoms with E-state index in [1.165, 1.54) is 30.3 Å². The van der Waals surface area contributed by atoms with Crippen LogP contribution in [0.25, 0.3) is 22.7 Å². The number of aromatic carboxylic acids is 1. The van der Waals surface area contributed by atoms with E-state index >= 15 is 0 Å². The summed E-state index contributed by atoms with van der Waals surface area (Å²) < 4.78 is 61.7. The molecule has 1 saturated carbocycles. The van der Waals surface area contributed by atoms with Crippen molar-refractivity contribution in [3.63, 3.8) is 0 Å². The smallest absolute Gasteiger partial charge is 0.478 e. The third kappa shape index (κ3) is 5.56. The van der Waals surface area contributed by atoms with Crippen molar-refractivity contribution in [2.45, 2.75) is 75.6 Å². The first kappa shape index (κ1) is 27.4. The highest BCUT2D eigenvalue weighted by Crippen LogP contribution is 2.46. The zero-order valence-corrected chi connectivity index (χ0v) is 22.8. The minimum Gasteiger partial charge on any atom is -0.478 e. The molecule has 4 aromatic rings. The molecule has 3 fully saturated rings. The van der Waals surface area contributed by atoms with Crippen LogP contribution in [0.3, 0.4) is 0 Å². The van der Waals surface area contributed by atoms with Gasteiger partial charge in [-0.05, 0) is 74.9 Å². The first-order valence-corrected chi connectivity index (χ1v) is 14.1. The molecule has 0 unspecified atom stereocenters. The highest BCUT2D eigenvalue weighted by molar-refractivity contribution is 5.88. The maximum absolute atomic E-state index is 13.1. The van der Waals surface area contributed by atoms with Crippen molar-refractivity contribution in [3.05, 3.63) is 65.4 Å². The van der Waals surface area contributed by atoms with E-state index in [1.54, 1.807) is 18.2 Å². The predicted octanol–water partition coefficient (Wildman–Crippen LogP) is 6.58. The Morgan fingerprint density at radius 2 is 1.72 bits per heavy atom. The third-order valence-corrected chi connectivity index (χ3v) is 8.30. The van der Waals surface area contributed by atoms with Crippen molar-refractivity contribution < 1.29 is 41.5 Å². The highest BCUT2D eigenvalue weighted by atomic mass is 19.4. The minimum atomic E-state index is -4.84. The van der Waals surface area contributed by atoms with E-state index in [9.17, 15) is 18.0 Å². The first-order valence-electron chi connectivity index (χ1n) is 14.1. The summed E-state index contributed by atoms with van der Waals surface area (Å²) in [5, 5.41) is 21.8. The van der Waals surface area contributed by atoms with Crippen molar-refractivity contribution in [1.29, 1.82) is 0 Å². The Bertz CT molecular complexity index is 1620. The van der Waals surface area contributed by atoms with Crippen LogP contribution in [0, 0.1) is 0 Å².